The minimum Gasteiger partial charge on any atom is -0.292 e. The number of aromatic nitrogens is 3. The first kappa shape index (κ1) is 13.7. The van der Waals surface area contributed by atoms with Crippen LogP contribution >= 0.6 is 33.9 Å². The molecule has 0 aliphatic rings. The highest BCUT2D eigenvalue weighted by molar-refractivity contribution is 14.1. The molecule has 0 atom stereocenters. The van der Waals surface area contributed by atoms with Gasteiger partial charge in [-0.05, 0) is 42.4 Å². The highest BCUT2D eigenvalue weighted by Gasteiger charge is 2.07. The predicted molar refractivity (Wildman–Crippen MR) is 81.2 cm³/mol. The van der Waals surface area contributed by atoms with Crippen LogP contribution in [0.5, 0.6) is 0 Å². The van der Waals surface area contributed by atoms with Gasteiger partial charge in [0, 0.05) is 5.38 Å². The summed E-state index contributed by atoms with van der Waals surface area (Å²) in [5.74, 6) is 0. The average Bonchev–Trinajstić information content (AvgIpc) is 2.78. The molecule has 96 valence electrons. The molecule has 0 aliphatic carbocycles. The largest absolute Gasteiger partial charge is 0.292 e. The third kappa shape index (κ3) is 2.97. The Bertz CT molecular complexity index is 606. The molecule has 0 radical (unpaired) electrons. The maximum Gasteiger partial charge on any atom is 0.267 e. The van der Waals surface area contributed by atoms with E-state index >= 15 is 0 Å². The third-order valence-corrected chi connectivity index (χ3v) is 4.75. The summed E-state index contributed by atoms with van der Waals surface area (Å²) >= 11 is 3.70. The van der Waals surface area contributed by atoms with E-state index in [2.05, 4.69) is 16.9 Å². The zero-order chi connectivity index (χ0) is 13.1. The molecule has 0 aliphatic heterocycles. The molecule has 0 N–H and O–H groups in total. The first-order chi connectivity index (χ1) is 8.61. The summed E-state index contributed by atoms with van der Waals surface area (Å²) in [6, 6.07) is 0. The average molecular weight is 375 g/mol. The first-order valence-corrected chi connectivity index (χ1v) is 7.72. The molecule has 4 nitrogen and oxygen atoms in total. The van der Waals surface area contributed by atoms with Crippen molar-refractivity contribution in [2.45, 2.75) is 33.2 Å². The summed E-state index contributed by atoms with van der Waals surface area (Å²) in [7, 11) is 0. The highest BCUT2D eigenvalue weighted by atomic mass is 127. The predicted octanol–water partition coefficient (Wildman–Crippen LogP) is 2.61. The zero-order valence-corrected chi connectivity index (χ0v) is 13.3. The Balaban J connectivity index is 2.23. The van der Waals surface area contributed by atoms with Gasteiger partial charge >= 0.3 is 0 Å². The molecule has 0 fully saturated rings. The smallest absolute Gasteiger partial charge is 0.267 e. The van der Waals surface area contributed by atoms with E-state index < -0.39 is 0 Å². The van der Waals surface area contributed by atoms with Crippen LogP contribution in [0.3, 0.4) is 0 Å². The van der Waals surface area contributed by atoms with Crippen molar-refractivity contribution in [3.63, 3.8) is 0 Å². The second-order valence-corrected chi connectivity index (χ2v) is 6.08. The second kappa shape index (κ2) is 5.92. The van der Waals surface area contributed by atoms with Gasteiger partial charge in [0.05, 0.1) is 32.8 Å². The van der Waals surface area contributed by atoms with Crippen molar-refractivity contribution in [1.29, 1.82) is 0 Å². The molecule has 18 heavy (non-hydrogen) atoms. The number of hydrogen-bond donors (Lipinski definition) is 0. The number of aryl methyl sites for hydroxylation is 2. The van der Waals surface area contributed by atoms with Crippen LogP contribution in [0.1, 0.15) is 29.7 Å². The van der Waals surface area contributed by atoms with Gasteiger partial charge in [-0.15, -0.1) is 11.3 Å². The van der Waals surface area contributed by atoms with Crippen LogP contribution in [0.4, 0.5) is 0 Å². The van der Waals surface area contributed by atoms with Gasteiger partial charge in [-0.25, -0.2) is 9.97 Å². The van der Waals surface area contributed by atoms with Crippen molar-refractivity contribution in [2.75, 3.05) is 0 Å². The molecule has 0 saturated carbocycles. The summed E-state index contributed by atoms with van der Waals surface area (Å²) < 4.78 is 2.29. The number of hydrogen-bond acceptors (Lipinski definition) is 4. The van der Waals surface area contributed by atoms with Crippen molar-refractivity contribution in [1.82, 2.24) is 14.5 Å². The second-order valence-electron chi connectivity index (χ2n) is 4.06. The maximum absolute atomic E-state index is 12.0. The molecule has 0 aromatic carbocycles. The number of thiazole rings is 1. The minimum absolute atomic E-state index is 0.00754. The third-order valence-electron chi connectivity index (χ3n) is 2.55. The van der Waals surface area contributed by atoms with Crippen LogP contribution in [0.15, 0.2) is 16.5 Å². The normalized spacial score (nSPS) is 10.8. The Morgan fingerprint density at radius 1 is 1.50 bits per heavy atom. The standard InChI is InChI=1S/C12H14IN3OS/c1-3-4-10-15-9(6-18-10)5-16-7-14-8(2)11(13)12(16)17/h6-7H,3-5H2,1-2H3. The van der Waals surface area contributed by atoms with Gasteiger partial charge in [0.2, 0.25) is 0 Å². The van der Waals surface area contributed by atoms with Crippen LogP contribution in [-0.4, -0.2) is 14.5 Å². The van der Waals surface area contributed by atoms with E-state index in [4.69, 9.17) is 0 Å². The lowest BCUT2D eigenvalue weighted by Gasteiger charge is -2.04. The van der Waals surface area contributed by atoms with Crippen LogP contribution in [-0.2, 0) is 13.0 Å². The van der Waals surface area contributed by atoms with Gasteiger partial charge in [-0.1, -0.05) is 6.92 Å². The quantitative estimate of drug-likeness (QED) is 0.772. The fourth-order valence-electron chi connectivity index (χ4n) is 1.58. The Morgan fingerprint density at radius 2 is 2.28 bits per heavy atom. The summed E-state index contributed by atoms with van der Waals surface area (Å²) in [6.07, 6.45) is 3.69. The van der Waals surface area contributed by atoms with E-state index in [0.717, 1.165) is 29.2 Å². The van der Waals surface area contributed by atoms with E-state index in [0.29, 0.717) is 10.1 Å². The molecule has 0 amide bonds. The fraction of sp³-hybridized carbons (Fsp3) is 0.417. The summed E-state index contributed by atoms with van der Waals surface area (Å²) in [5.41, 5.74) is 1.72. The minimum atomic E-state index is 0.00754. The van der Waals surface area contributed by atoms with Gasteiger partial charge in [0.25, 0.3) is 5.56 Å². The van der Waals surface area contributed by atoms with Crippen molar-refractivity contribution in [3.05, 3.63) is 42.0 Å². The van der Waals surface area contributed by atoms with Gasteiger partial charge < -0.3 is 0 Å². The summed E-state index contributed by atoms with van der Waals surface area (Å²) in [5, 5.41) is 3.15. The fourth-order valence-corrected chi connectivity index (χ4v) is 2.92. The SMILES string of the molecule is CCCc1nc(Cn2cnc(C)c(I)c2=O)cs1. The zero-order valence-electron chi connectivity index (χ0n) is 10.3. The van der Waals surface area contributed by atoms with Crippen LogP contribution in [0, 0.1) is 10.5 Å². The highest BCUT2D eigenvalue weighted by Crippen LogP contribution is 2.12. The first-order valence-electron chi connectivity index (χ1n) is 5.76. The number of nitrogens with zero attached hydrogens (tertiary/aromatic N) is 3. The Hall–Kier alpha value is -0.760. The lowest BCUT2D eigenvalue weighted by molar-refractivity contribution is 0.708. The summed E-state index contributed by atoms with van der Waals surface area (Å²) in [6.45, 7) is 4.48. The monoisotopic (exact) mass is 375 g/mol. The van der Waals surface area contributed by atoms with Crippen LogP contribution in [0.25, 0.3) is 0 Å². The molecule has 0 saturated heterocycles. The van der Waals surface area contributed by atoms with Gasteiger partial charge in [0.1, 0.15) is 0 Å². The molecule has 2 aromatic heterocycles. The van der Waals surface area contributed by atoms with E-state index in [1.807, 2.05) is 34.9 Å². The lowest BCUT2D eigenvalue weighted by Crippen LogP contribution is -2.24. The number of halogens is 1. The lowest BCUT2D eigenvalue weighted by atomic mass is 10.3. The van der Waals surface area contributed by atoms with Crippen molar-refractivity contribution < 1.29 is 0 Å². The molecule has 2 rings (SSSR count). The van der Waals surface area contributed by atoms with E-state index in [-0.39, 0.29) is 5.56 Å². The molecular weight excluding hydrogens is 361 g/mol. The number of rotatable bonds is 4. The van der Waals surface area contributed by atoms with Crippen molar-refractivity contribution in [3.8, 4) is 0 Å². The Morgan fingerprint density at radius 3 is 3.00 bits per heavy atom. The molecule has 0 spiro atoms. The van der Waals surface area contributed by atoms with Gasteiger partial charge in [-0.3, -0.25) is 9.36 Å². The van der Waals surface area contributed by atoms with Crippen molar-refractivity contribution >= 4 is 33.9 Å². The molecule has 0 unspecified atom stereocenters. The molecule has 6 heteroatoms. The molecule has 2 aromatic rings. The maximum atomic E-state index is 12.0. The molecular formula is C12H14IN3OS. The van der Waals surface area contributed by atoms with E-state index in [1.165, 1.54) is 0 Å². The van der Waals surface area contributed by atoms with Crippen LogP contribution in [0.2, 0.25) is 0 Å². The van der Waals surface area contributed by atoms with E-state index in [9.17, 15) is 4.79 Å². The van der Waals surface area contributed by atoms with Crippen LogP contribution < -0.4 is 5.56 Å². The van der Waals surface area contributed by atoms with E-state index in [1.54, 1.807) is 22.2 Å². The summed E-state index contributed by atoms with van der Waals surface area (Å²) in [4.78, 5) is 20.7. The van der Waals surface area contributed by atoms with Gasteiger partial charge in [0.15, 0.2) is 0 Å². The molecule has 0 bridgehead atoms. The van der Waals surface area contributed by atoms with Gasteiger partial charge in [-0.2, -0.15) is 0 Å². The Labute approximate surface area is 123 Å². The Kier molecular flexibility index (Phi) is 4.50. The molecule has 2 heterocycles. The van der Waals surface area contributed by atoms with Crippen molar-refractivity contribution in [2.24, 2.45) is 0 Å². The topological polar surface area (TPSA) is 47.8 Å².